The Hall–Kier alpha value is -2.63. The van der Waals surface area contributed by atoms with E-state index in [0.717, 1.165) is 17.4 Å². The number of rotatable bonds is 6. The van der Waals surface area contributed by atoms with E-state index in [1.165, 1.54) is 22.7 Å². The van der Waals surface area contributed by atoms with E-state index in [1.54, 1.807) is 13.4 Å². The first-order valence-electron chi connectivity index (χ1n) is 9.46. The quantitative estimate of drug-likeness (QED) is 0.672. The van der Waals surface area contributed by atoms with Gasteiger partial charge >= 0.3 is 5.69 Å². The highest BCUT2D eigenvalue weighted by atomic mass is 16.2. The SMILES string of the molecule is Cc1ccc(CCC(C)C(C)Cn2cnc3c2c(=O)n(C)c(=O)n3C)cc1. The summed E-state index contributed by atoms with van der Waals surface area (Å²) in [7, 11) is 3.16. The van der Waals surface area contributed by atoms with Crippen LogP contribution in [0.4, 0.5) is 0 Å². The van der Waals surface area contributed by atoms with Crippen molar-refractivity contribution in [1.82, 2.24) is 18.7 Å². The maximum atomic E-state index is 12.6. The first-order chi connectivity index (χ1) is 12.8. The molecule has 0 fully saturated rings. The summed E-state index contributed by atoms with van der Waals surface area (Å²) in [6.45, 7) is 7.27. The lowest BCUT2D eigenvalue weighted by molar-refractivity contribution is 0.326. The molecule has 2 aromatic heterocycles. The molecule has 27 heavy (non-hydrogen) atoms. The summed E-state index contributed by atoms with van der Waals surface area (Å²) in [5, 5.41) is 0. The molecule has 6 heteroatoms. The summed E-state index contributed by atoms with van der Waals surface area (Å²) < 4.78 is 4.47. The average molecular weight is 368 g/mol. The van der Waals surface area contributed by atoms with Crippen LogP contribution in [0.3, 0.4) is 0 Å². The van der Waals surface area contributed by atoms with Crippen LogP contribution in [0.1, 0.15) is 31.4 Å². The van der Waals surface area contributed by atoms with E-state index in [4.69, 9.17) is 0 Å². The summed E-state index contributed by atoms with van der Waals surface area (Å²) in [5.41, 5.74) is 2.95. The minimum Gasteiger partial charge on any atom is -0.324 e. The smallest absolute Gasteiger partial charge is 0.324 e. The van der Waals surface area contributed by atoms with Crippen molar-refractivity contribution < 1.29 is 0 Å². The molecule has 0 amide bonds. The van der Waals surface area contributed by atoms with E-state index in [1.807, 2.05) is 4.57 Å². The van der Waals surface area contributed by atoms with Crippen LogP contribution >= 0.6 is 0 Å². The van der Waals surface area contributed by atoms with Gasteiger partial charge in [0.2, 0.25) is 0 Å². The third kappa shape index (κ3) is 3.75. The topological polar surface area (TPSA) is 61.8 Å². The highest BCUT2D eigenvalue weighted by Crippen LogP contribution is 2.21. The second-order valence-electron chi connectivity index (χ2n) is 7.75. The van der Waals surface area contributed by atoms with E-state index >= 15 is 0 Å². The van der Waals surface area contributed by atoms with Crippen molar-refractivity contribution in [3.05, 3.63) is 62.6 Å². The monoisotopic (exact) mass is 368 g/mol. The fraction of sp³-hybridized carbons (Fsp3) is 0.476. The Bertz CT molecular complexity index is 1060. The van der Waals surface area contributed by atoms with Crippen molar-refractivity contribution in [2.24, 2.45) is 25.9 Å². The molecular weight excluding hydrogens is 340 g/mol. The van der Waals surface area contributed by atoms with Crippen LogP contribution in [0, 0.1) is 18.8 Å². The average Bonchev–Trinajstić information content (AvgIpc) is 3.07. The van der Waals surface area contributed by atoms with Crippen molar-refractivity contribution in [2.75, 3.05) is 0 Å². The predicted octanol–water partition coefficient (Wildman–Crippen LogP) is 2.65. The van der Waals surface area contributed by atoms with Crippen LogP contribution in [0.5, 0.6) is 0 Å². The van der Waals surface area contributed by atoms with Gasteiger partial charge in [-0.25, -0.2) is 9.78 Å². The number of benzene rings is 1. The highest BCUT2D eigenvalue weighted by molar-refractivity contribution is 5.69. The first-order valence-corrected chi connectivity index (χ1v) is 9.46. The van der Waals surface area contributed by atoms with E-state index in [2.05, 4.69) is 50.0 Å². The Morgan fingerprint density at radius 3 is 2.33 bits per heavy atom. The lowest BCUT2D eigenvalue weighted by Crippen LogP contribution is -2.37. The molecule has 2 atom stereocenters. The van der Waals surface area contributed by atoms with E-state index in [-0.39, 0.29) is 11.2 Å². The summed E-state index contributed by atoms with van der Waals surface area (Å²) in [6.07, 6.45) is 3.81. The Morgan fingerprint density at radius 2 is 1.67 bits per heavy atom. The summed E-state index contributed by atoms with van der Waals surface area (Å²) in [4.78, 5) is 28.9. The summed E-state index contributed by atoms with van der Waals surface area (Å²) in [5.74, 6) is 0.884. The number of aryl methyl sites for hydroxylation is 3. The minimum absolute atomic E-state index is 0.287. The molecule has 144 valence electrons. The van der Waals surface area contributed by atoms with Crippen molar-refractivity contribution in [1.29, 1.82) is 0 Å². The van der Waals surface area contributed by atoms with Gasteiger partial charge in [0.15, 0.2) is 11.2 Å². The molecule has 0 aliphatic heterocycles. The fourth-order valence-corrected chi connectivity index (χ4v) is 3.46. The number of imidazole rings is 1. The molecule has 0 saturated carbocycles. The molecule has 0 saturated heterocycles. The number of hydrogen-bond donors (Lipinski definition) is 0. The Morgan fingerprint density at radius 1 is 1.00 bits per heavy atom. The largest absolute Gasteiger partial charge is 0.332 e. The van der Waals surface area contributed by atoms with Gasteiger partial charge in [-0.15, -0.1) is 0 Å². The van der Waals surface area contributed by atoms with E-state index in [9.17, 15) is 9.59 Å². The number of hydrogen-bond acceptors (Lipinski definition) is 3. The predicted molar refractivity (Wildman–Crippen MR) is 108 cm³/mol. The lowest BCUT2D eigenvalue weighted by atomic mass is 9.90. The molecule has 3 rings (SSSR count). The Kier molecular flexibility index (Phi) is 5.35. The van der Waals surface area contributed by atoms with Crippen molar-refractivity contribution >= 4 is 11.2 Å². The molecule has 6 nitrogen and oxygen atoms in total. The van der Waals surface area contributed by atoms with Gasteiger partial charge in [-0.3, -0.25) is 13.9 Å². The zero-order chi connectivity index (χ0) is 19.7. The maximum absolute atomic E-state index is 12.6. The molecule has 1 aromatic carbocycles. The summed E-state index contributed by atoms with van der Waals surface area (Å²) >= 11 is 0. The van der Waals surface area contributed by atoms with Gasteiger partial charge in [0, 0.05) is 20.6 Å². The molecule has 3 aromatic rings. The van der Waals surface area contributed by atoms with Crippen LogP contribution in [-0.4, -0.2) is 18.7 Å². The Balaban J connectivity index is 1.75. The molecule has 0 N–H and O–H groups in total. The third-order valence-electron chi connectivity index (χ3n) is 5.68. The minimum atomic E-state index is -0.350. The van der Waals surface area contributed by atoms with Gasteiger partial charge in [0.1, 0.15) is 0 Å². The van der Waals surface area contributed by atoms with E-state index < -0.39 is 0 Å². The van der Waals surface area contributed by atoms with Gasteiger partial charge in [0.25, 0.3) is 5.56 Å². The molecule has 0 radical (unpaired) electrons. The standard InChI is InChI=1S/C21H28N4O2/c1-14-6-9-17(10-7-14)11-8-15(2)16(3)12-25-13-22-19-18(25)20(26)24(5)21(27)23(19)4/h6-7,9-10,13,15-16H,8,11-12H2,1-5H3. The molecule has 0 spiro atoms. The second kappa shape index (κ2) is 7.55. The van der Waals surface area contributed by atoms with Gasteiger partial charge < -0.3 is 4.57 Å². The van der Waals surface area contributed by atoms with Crippen molar-refractivity contribution in [2.45, 2.75) is 40.2 Å². The number of fused-ring (bicyclic) bond motifs is 1. The van der Waals surface area contributed by atoms with Crippen LogP contribution in [0.2, 0.25) is 0 Å². The fourth-order valence-electron chi connectivity index (χ4n) is 3.46. The van der Waals surface area contributed by atoms with Crippen molar-refractivity contribution in [3.8, 4) is 0 Å². The van der Waals surface area contributed by atoms with Gasteiger partial charge in [-0.05, 0) is 37.2 Å². The van der Waals surface area contributed by atoms with Gasteiger partial charge in [-0.2, -0.15) is 0 Å². The molecule has 0 aliphatic rings. The number of nitrogens with zero attached hydrogens (tertiary/aromatic N) is 4. The second-order valence-corrected chi connectivity index (χ2v) is 7.75. The zero-order valence-corrected chi connectivity index (χ0v) is 16.8. The molecule has 2 heterocycles. The molecular formula is C21H28N4O2. The van der Waals surface area contributed by atoms with Crippen LogP contribution in [-0.2, 0) is 27.1 Å². The highest BCUT2D eigenvalue weighted by Gasteiger charge is 2.18. The van der Waals surface area contributed by atoms with Crippen LogP contribution < -0.4 is 11.2 Å². The van der Waals surface area contributed by atoms with Gasteiger partial charge in [0.05, 0.1) is 6.33 Å². The maximum Gasteiger partial charge on any atom is 0.332 e. The van der Waals surface area contributed by atoms with E-state index in [0.29, 0.717) is 29.5 Å². The van der Waals surface area contributed by atoms with Gasteiger partial charge in [-0.1, -0.05) is 43.7 Å². The third-order valence-corrected chi connectivity index (χ3v) is 5.68. The van der Waals surface area contributed by atoms with Crippen LogP contribution in [0.25, 0.3) is 11.2 Å². The molecule has 2 unspecified atom stereocenters. The first kappa shape index (κ1) is 19.1. The Labute approximate surface area is 159 Å². The molecule has 0 aliphatic carbocycles. The normalized spacial score (nSPS) is 13.8. The zero-order valence-electron chi connectivity index (χ0n) is 16.8. The number of aromatic nitrogens is 4. The van der Waals surface area contributed by atoms with Crippen LogP contribution in [0.15, 0.2) is 40.2 Å². The molecule has 0 bridgehead atoms. The van der Waals surface area contributed by atoms with Crippen molar-refractivity contribution in [3.63, 3.8) is 0 Å². The lowest BCUT2D eigenvalue weighted by Gasteiger charge is -2.21. The summed E-state index contributed by atoms with van der Waals surface area (Å²) in [6, 6.07) is 8.70.